The lowest BCUT2D eigenvalue weighted by Crippen LogP contribution is -2.19. The second-order valence-electron chi connectivity index (χ2n) is 4.72. The molecule has 1 aliphatic carbocycles. The van der Waals surface area contributed by atoms with Crippen molar-refractivity contribution in [2.45, 2.75) is 19.8 Å². The minimum absolute atomic E-state index is 0.160. The maximum Gasteiger partial charge on any atom is 0.273 e. The van der Waals surface area contributed by atoms with Crippen molar-refractivity contribution in [3.05, 3.63) is 36.0 Å². The molecule has 4 heteroatoms. The maximum absolute atomic E-state index is 12.0. The van der Waals surface area contributed by atoms with Crippen LogP contribution < -0.4 is 5.43 Å². The van der Waals surface area contributed by atoms with Crippen LogP contribution in [0.15, 0.2) is 35.6 Å². The van der Waals surface area contributed by atoms with E-state index in [1.807, 2.05) is 31.2 Å². The number of nitrogens with one attached hydrogen (secondary N) is 2. The molecule has 1 aromatic carbocycles. The van der Waals surface area contributed by atoms with Gasteiger partial charge in [-0.15, -0.1) is 0 Å². The molecule has 1 heterocycles. The first-order chi connectivity index (χ1) is 8.75. The number of hydrogen-bond acceptors (Lipinski definition) is 2. The zero-order chi connectivity index (χ0) is 12.5. The van der Waals surface area contributed by atoms with Gasteiger partial charge in [0, 0.05) is 22.8 Å². The summed E-state index contributed by atoms with van der Waals surface area (Å²) in [5.74, 6) is 0.417. The Morgan fingerprint density at radius 2 is 2.17 bits per heavy atom. The summed E-state index contributed by atoms with van der Waals surface area (Å²) in [5.41, 5.74) is 5.24. The molecular weight excluding hydrogens is 226 g/mol. The first kappa shape index (κ1) is 11.0. The summed E-state index contributed by atoms with van der Waals surface area (Å²) in [6.07, 6.45) is 4.11. The topological polar surface area (TPSA) is 57.2 Å². The number of para-hydroxylation sites is 1. The van der Waals surface area contributed by atoms with E-state index in [2.05, 4.69) is 15.5 Å². The van der Waals surface area contributed by atoms with Crippen molar-refractivity contribution in [3.8, 4) is 0 Å². The highest BCUT2D eigenvalue weighted by Gasteiger charge is 2.24. The van der Waals surface area contributed by atoms with Crippen LogP contribution >= 0.6 is 0 Å². The number of aromatic amines is 1. The third-order valence-corrected chi connectivity index (χ3v) is 3.34. The summed E-state index contributed by atoms with van der Waals surface area (Å²) in [7, 11) is 0. The van der Waals surface area contributed by atoms with Crippen LogP contribution in [0.2, 0.25) is 0 Å². The van der Waals surface area contributed by atoms with Crippen LogP contribution in [-0.4, -0.2) is 16.6 Å². The van der Waals surface area contributed by atoms with E-state index in [0.29, 0.717) is 11.5 Å². The lowest BCUT2D eigenvalue weighted by atomic mass is 10.2. The fourth-order valence-electron chi connectivity index (χ4n) is 2.05. The second kappa shape index (κ2) is 4.29. The second-order valence-corrected chi connectivity index (χ2v) is 4.72. The van der Waals surface area contributed by atoms with Gasteiger partial charge in [-0.05, 0) is 31.7 Å². The molecule has 1 aliphatic rings. The molecule has 4 nitrogen and oxygen atoms in total. The molecule has 0 radical (unpaired) electrons. The fourth-order valence-corrected chi connectivity index (χ4v) is 2.05. The van der Waals surface area contributed by atoms with E-state index >= 15 is 0 Å². The molecule has 1 aromatic heterocycles. The minimum atomic E-state index is -0.160. The smallest absolute Gasteiger partial charge is 0.273 e. The molecule has 2 aromatic rings. The molecule has 92 valence electrons. The van der Waals surface area contributed by atoms with Gasteiger partial charge in [-0.1, -0.05) is 18.2 Å². The Bertz CT molecular complexity index is 623. The highest BCUT2D eigenvalue weighted by atomic mass is 16.2. The van der Waals surface area contributed by atoms with Crippen LogP contribution in [-0.2, 0) is 0 Å². The molecule has 0 bridgehead atoms. The number of hydrogen-bond donors (Lipinski definition) is 2. The zero-order valence-corrected chi connectivity index (χ0v) is 10.2. The first-order valence-electron chi connectivity index (χ1n) is 6.16. The SMILES string of the molecule is C/C(=N\NC(=O)c1c[nH]c2ccccc12)C1CC1. The van der Waals surface area contributed by atoms with Gasteiger partial charge >= 0.3 is 0 Å². The van der Waals surface area contributed by atoms with Gasteiger partial charge in [0.1, 0.15) is 0 Å². The van der Waals surface area contributed by atoms with Gasteiger partial charge in [-0.2, -0.15) is 5.10 Å². The van der Waals surface area contributed by atoms with E-state index in [9.17, 15) is 4.79 Å². The van der Waals surface area contributed by atoms with Crippen molar-refractivity contribution in [3.63, 3.8) is 0 Å². The van der Waals surface area contributed by atoms with Crippen LogP contribution in [0.4, 0.5) is 0 Å². The zero-order valence-electron chi connectivity index (χ0n) is 10.2. The number of carbonyl (C=O) groups excluding carboxylic acids is 1. The molecule has 0 unspecified atom stereocenters. The van der Waals surface area contributed by atoms with E-state index in [4.69, 9.17) is 0 Å². The molecule has 0 saturated heterocycles. The highest BCUT2D eigenvalue weighted by molar-refractivity contribution is 6.07. The molecule has 3 rings (SSSR count). The molecule has 1 amide bonds. The molecule has 2 N–H and O–H groups in total. The lowest BCUT2D eigenvalue weighted by molar-refractivity contribution is 0.0956. The molecule has 0 atom stereocenters. The van der Waals surface area contributed by atoms with Gasteiger partial charge in [0.2, 0.25) is 0 Å². The predicted molar refractivity (Wildman–Crippen MR) is 71.6 cm³/mol. The van der Waals surface area contributed by atoms with Crippen LogP contribution in [0.25, 0.3) is 10.9 Å². The number of aromatic nitrogens is 1. The number of carbonyl (C=O) groups is 1. The van der Waals surface area contributed by atoms with Crippen LogP contribution in [0.3, 0.4) is 0 Å². The Balaban J connectivity index is 1.81. The van der Waals surface area contributed by atoms with Crippen LogP contribution in [0.1, 0.15) is 30.1 Å². The van der Waals surface area contributed by atoms with Crippen molar-refractivity contribution >= 4 is 22.5 Å². The summed E-state index contributed by atoms with van der Waals surface area (Å²) in [6, 6.07) is 7.74. The normalized spacial score (nSPS) is 15.9. The molecule has 18 heavy (non-hydrogen) atoms. The summed E-state index contributed by atoms with van der Waals surface area (Å²) in [6.45, 7) is 1.97. The monoisotopic (exact) mass is 241 g/mol. The third kappa shape index (κ3) is 2.01. The van der Waals surface area contributed by atoms with Crippen molar-refractivity contribution in [1.29, 1.82) is 0 Å². The number of amides is 1. The Kier molecular flexibility index (Phi) is 2.63. The Hall–Kier alpha value is -2.10. The number of rotatable bonds is 3. The molecule has 0 spiro atoms. The van der Waals surface area contributed by atoms with Gasteiger partial charge in [-0.3, -0.25) is 4.79 Å². The number of fused-ring (bicyclic) bond motifs is 1. The van der Waals surface area contributed by atoms with E-state index in [0.717, 1.165) is 16.6 Å². The van der Waals surface area contributed by atoms with Gasteiger partial charge < -0.3 is 4.98 Å². The van der Waals surface area contributed by atoms with Gasteiger partial charge in [0.05, 0.1) is 5.56 Å². The number of nitrogens with zero attached hydrogens (tertiary/aromatic N) is 1. The van der Waals surface area contributed by atoms with Gasteiger partial charge in [0.25, 0.3) is 5.91 Å². The summed E-state index contributed by atoms with van der Waals surface area (Å²) in [4.78, 5) is 15.1. The van der Waals surface area contributed by atoms with E-state index in [-0.39, 0.29) is 5.91 Å². The summed E-state index contributed by atoms with van der Waals surface area (Å²) >= 11 is 0. The highest BCUT2D eigenvalue weighted by Crippen LogP contribution is 2.30. The van der Waals surface area contributed by atoms with Gasteiger partial charge in [0.15, 0.2) is 0 Å². The van der Waals surface area contributed by atoms with Crippen molar-refractivity contribution < 1.29 is 4.79 Å². The van der Waals surface area contributed by atoms with Crippen LogP contribution in [0, 0.1) is 5.92 Å². The first-order valence-corrected chi connectivity index (χ1v) is 6.16. The number of H-pyrrole nitrogens is 1. The Morgan fingerprint density at radius 1 is 1.39 bits per heavy atom. The number of benzene rings is 1. The molecular formula is C14H15N3O. The van der Waals surface area contributed by atoms with E-state index < -0.39 is 0 Å². The van der Waals surface area contributed by atoms with Crippen molar-refractivity contribution in [2.75, 3.05) is 0 Å². The molecule has 1 fully saturated rings. The lowest BCUT2D eigenvalue weighted by Gasteiger charge is -2.00. The van der Waals surface area contributed by atoms with Crippen LogP contribution in [0.5, 0.6) is 0 Å². The molecule has 1 saturated carbocycles. The quantitative estimate of drug-likeness (QED) is 0.630. The Labute approximate surface area is 105 Å². The Morgan fingerprint density at radius 3 is 2.94 bits per heavy atom. The fraction of sp³-hybridized carbons (Fsp3) is 0.286. The largest absolute Gasteiger partial charge is 0.360 e. The third-order valence-electron chi connectivity index (χ3n) is 3.34. The standard InChI is InChI=1S/C14H15N3O/c1-9(10-6-7-10)16-17-14(18)12-8-15-13-5-3-2-4-11(12)13/h2-5,8,10,15H,6-7H2,1H3,(H,17,18)/b16-9+. The average molecular weight is 241 g/mol. The number of hydrazone groups is 1. The summed E-state index contributed by atoms with van der Waals surface area (Å²) < 4.78 is 0. The maximum atomic E-state index is 12.0. The molecule has 0 aliphatic heterocycles. The van der Waals surface area contributed by atoms with E-state index in [1.165, 1.54) is 12.8 Å². The minimum Gasteiger partial charge on any atom is -0.360 e. The van der Waals surface area contributed by atoms with E-state index in [1.54, 1.807) is 6.20 Å². The average Bonchev–Trinajstić information content (AvgIpc) is 3.15. The summed E-state index contributed by atoms with van der Waals surface area (Å²) in [5, 5.41) is 5.08. The predicted octanol–water partition coefficient (Wildman–Crippen LogP) is 2.68. The van der Waals surface area contributed by atoms with Gasteiger partial charge in [-0.25, -0.2) is 5.43 Å². The van der Waals surface area contributed by atoms with Crippen molar-refractivity contribution in [1.82, 2.24) is 10.4 Å². The van der Waals surface area contributed by atoms with Crippen molar-refractivity contribution in [2.24, 2.45) is 11.0 Å².